The molecule has 2 unspecified atom stereocenters. The molecule has 0 amide bonds. The minimum atomic E-state index is -0.904. The van der Waals surface area contributed by atoms with E-state index in [2.05, 4.69) is 5.32 Å². The highest BCUT2D eigenvalue weighted by molar-refractivity contribution is 6.35. The number of nitrogens with one attached hydrogen (secondary N) is 1. The number of halogens is 2. The number of anilines is 1. The van der Waals surface area contributed by atoms with Crippen molar-refractivity contribution in [2.45, 2.75) is 25.0 Å². The fourth-order valence-corrected chi connectivity index (χ4v) is 2.25. The van der Waals surface area contributed by atoms with E-state index in [1.54, 1.807) is 18.2 Å². The summed E-state index contributed by atoms with van der Waals surface area (Å²) in [6, 6.07) is 5.15. The lowest BCUT2D eigenvalue weighted by Gasteiger charge is -2.14. The molecule has 4 nitrogen and oxygen atoms in total. The summed E-state index contributed by atoms with van der Waals surface area (Å²) >= 11 is 11.9. The van der Waals surface area contributed by atoms with Gasteiger partial charge in [-0.1, -0.05) is 23.2 Å². The maximum Gasteiger partial charge on any atom is 0.332 e. The molecule has 6 heteroatoms. The van der Waals surface area contributed by atoms with Gasteiger partial charge in [0.1, 0.15) is 0 Å². The molecule has 1 saturated heterocycles. The van der Waals surface area contributed by atoms with Gasteiger partial charge in [-0.2, -0.15) is 0 Å². The van der Waals surface area contributed by atoms with E-state index in [0.717, 1.165) is 12.1 Å². The topological polar surface area (TPSA) is 58.6 Å². The van der Waals surface area contributed by atoms with Gasteiger partial charge in [-0.25, -0.2) is 4.79 Å². The van der Waals surface area contributed by atoms with Crippen LogP contribution < -0.4 is 5.32 Å². The number of hydrogen-bond acceptors (Lipinski definition) is 3. The van der Waals surface area contributed by atoms with Crippen LogP contribution >= 0.6 is 23.2 Å². The highest BCUT2D eigenvalue weighted by Crippen LogP contribution is 2.26. The third-order valence-electron chi connectivity index (χ3n) is 2.83. The highest BCUT2D eigenvalue weighted by Gasteiger charge is 2.30. The van der Waals surface area contributed by atoms with Crippen LogP contribution in [0.4, 0.5) is 5.69 Å². The zero-order chi connectivity index (χ0) is 13.1. The van der Waals surface area contributed by atoms with Crippen LogP contribution in [-0.4, -0.2) is 29.8 Å². The van der Waals surface area contributed by atoms with E-state index in [-0.39, 0.29) is 6.10 Å². The van der Waals surface area contributed by atoms with E-state index in [0.29, 0.717) is 23.0 Å². The molecule has 0 saturated carbocycles. The molecule has 0 spiro atoms. The number of carboxylic acid groups (broad SMARTS) is 1. The molecule has 1 aliphatic heterocycles. The van der Waals surface area contributed by atoms with E-state index in [4.69, 9.17) is 33.0 Å². The van der Waals surface area contributed by atoms with Gasteiger partial charge < -0.3 is 15.2 Å². The largest absolute Gasteiger partial charge is 0.479 e. The molecular weight excluding hydrogens is 277 g/mol. The highest BCUT2D eigenvalue weighted by atomic mass is 35.5. The molecule has 1 aromatic rings. The van der Waals surface area contributed by atoms with Crippen LogP contribution in [0.25, 0.3) is 0 Å². The monoisotopic (exact) mass is 289 g/mol. The summed E-state index contributed by atoms with van der Waals surface area (Å²) in [5, 5.41) is 13.1. The van der Waals surface area contributed by atoms with E-state index in [1.807, 2.05) is 0 Å². The van der Waals surface area contributed by atoms with Crippen LogP contribution in [0, 0.1) is 0 Å². The third-order valence-corrected chi connectivity index (χ3v) is 3.40. The first-order valence-electron chi connectivity index (χ1n) is 5.63. The SMILES string of the molecule is O=C(O)C1CCC(CNc2cc(Cl)ccc2Cl)O1. The van der Waals surface area contributed by atoms with Gasteiger partial charge in [-0.05, 0) is 31.0 Å². The number of benzene rings is 1. The summed E-state index contributed by atoms with van der Waals surface area (Å²) in [6.07, 6.45) is 0.473. The summed E-state index contributed by atoms with van der Waals surface area (Å²) < 4.78 is 5.38. The Bertz CT molecular complexity index is 453. The van der Waals surface area contributed by atoms with Crippen LogP contribution in [0.3, 0.4) is 0 Å². The molecule has 2 N–H and O–H groups in total. The van der Waals surface area contributed by atoms with Gasteiger partial charge in [-0.15, -0.1) is 0 Å². The van der Waals surface area contributed by atoms with Crippen LogP contribution in [0.15, 0.2) is 18.2 Å². The summed E-state index contributed by atoms with van der Waals surface area (Å²) in [5.41, 5.74) is 0.728. The predicted octanol–water partition coefficient (Wildman–Crippen LogP) is 3.04. The van der Waals surface area contributed by atoms with Gasteiger partial charge in [0.2, 0.25) is 0 Å². The Labute approximate surface area is 115 Å². The number of hydrogen-bond donors (Lipinski definition) is 2. The lowest BCUT2D eigenvalue weighted by molar-refractivity contribution is -0.149. The van der Waals surface area contributed by atoms with Crippen LogP contribution in [-0.2, 0) is 9.53 Å². The number of aliphatic carboxylic acids is 1. The molecule has 0 aliphatic carbocycles. The van der Waals surface area contributed by atoms with Crippen LogP contribution in [0.1, 0.15) is 12.8 Å². The molecule has 1 heterocycles. The molecule has 0 bridgehead atoms. The van der Waals surface area contributed by atoms with Gasteiger partial charge >= 0.3 is 5.97 Å². The molecule has 1 aromatic carbocycles. The third kappa shape index (κ3) is 3.28. The second-order valence-corrected chi connectivity index (χ2v) is 5.01. The first-order chi connectivity index (χ1) is 8.56. The molecule has 2 rings (SSSR count). The summed E-state index contributed by atoms with van der Waals surface area (Å²) in [5.74, 6) is -0.904. The summed E-state index contributed by atoms with van der Waals surface area (Å²) in [6.45, 7) is 0.518. The molecule has 18 heavy (non-hydrogen) atoms. The Morgan fingerprint density at radius 3 is 2.89 bits per heavy atom. The van der Waals surface area contributed by atoms with Crippen LogP contribution in [0.2, 0.25) is 10.0 Å². The summed E-state index contributed by atoms with van der Waals surface area (Å²) in [4.78, 5) is 10.7. The van der Waals surface area contributed by atoms with E-state index in [9.17, 15) is 4.79 Å². The van der Waals surface area contributed by atoms with Crippen molar-refractivity contribution in [3.05, 3.63) is 28.2 Å². The minimum Gasteiger partial charge on any atom is -0.479 e. The standard InChI is InChI=1S/C12H13Cl2NO3/c13-7-1-3-9(14)10(5-7)15-6-8-2-4-11(18-8)12(16)17/h1,3,5,8,11,15H,2,4,6H2,(H,16,17). The smallest absolute Gasteiger partial charge is 0.332 e. The van der Waals surface area contributed by atoms with Crippen molar-refractivity contribution in [3.8, 4) is 0 Å². The molecule has 2 atom stereocenters. The first-order valence-corrected chi connectivity index (χ1v) is 6.39. The maximum atomic E-state index is 10.7. The lowest BCUT2D eigenvalue weighted by atomic mass is 10.2. The number of carboxylic acids is 1. The molecule has 1 fully saturated rings. The van der Waals surface area contributed by atoms with Gasteiger partial charge in [0.25, 0.3) is 0 Å². The van der Waals surface area contributed by atoms with Gasteiger partial charge in [0.15, 0.2) is 6.10 Å². The van der Waals surface area contributed by atoms with Crippen molar-refractivity contribution in [1.82, 2.24) is 0 Å². The average Bonchev–Trinajstić information content (AvgIpc) is 2.79. The Morgan fingerprint density at radius 1 is 1.44 bits per heavy atom. The zero-order valence-electron chi connectivity index (χ0n) is 9.53. The van der Waals surface area contributed by atoms with Crippen molar-refractivity contribution in [2.24, 2.45) is 0 Å². The zero-order valence-corrected chi connectivity index (χ0v) is 11.0. The van der Waals surface area contributed by atoms with Crippen LogP contribution in [0.5, 0.6) is 0 Å². The number of carbonyl (C=O) groups is 1. The fourth-order valence-electron chi connectivity index (χ4n) is 1.89. The van der Waals surface area contributed by atoms with Crippen molar-refractivity contribution in [3.63, 3.8) is 0 Å². The Hall–Kier alpha value is -0.970. The van der Waals surface area contributed by atoms with Gasteiger partial charge in [0.05, 0.1) is 16.8 Å². The fraction of sp³-hybridized carbons (Fsp3) is 0.417. The van der Waals surface area contributed by atoms with Crippen molar-refractivity contribution in [1.29, 1.82) is 0 Å². The average molecular weight is 290 g/mol. The molecular formula is C12H13Cl2NO3. The molecule has 1 aliphatic rings. The number of ether oxygens (including phenoxy) is 1. The lowest BCUT2D eigenvalue weighted by Crippen LogP contribution is -2.24. The predicted molar refractivity (Wildman–Crippen MR) is 70.5 cm³/mol. The Balaban J connectivity index is 1.89. The molecule has 98 valence electrons. The van der Waals surface area contributed by atoms with Gasteiger partial charge in [0, 0.05) is 11.6 Å². The Kier molecular flexibility index (Phi) is 4.32. The van der Waals surface area contributed by atoms with Crippen molar-refractivity contribution < 1.29 is 14.6 Å². The second kappa shape index (κ2) is 5.78. The Morgan fingerprint density at radius 2 is 2.22 bits per heavy atom. The molecule has 0 aromatic heterocycles. The van der Waals surface area contributed by atoms with Crippen molar-refractivity contribution in [2.75, 3.05) is 11.9 Å². The quantitative estimate of drug-likeness (QED) is 0.894. The normalized spacial score (nSPS) is 23.0. The van der Waals surface area contributed by atoms with E-state index >= 15 is 0 Å². The first kappa shape index (κ1) is 13.5. The second-order valence-electron chi connectivity index (χ2n) is 4.17. The summed E-state index contributed by atoms with van der Waals surface area (Å²) in [7, 11) is 0. The van der Waals surface area contributed by atoms with Gasteiger partial charge in [-0.3, -0.25) is 0 Å². The number of rotatable bonds is 4. The maximum absolute atomic E-state index is 10.7. The van der Waals surface area contributed by atoms with E-state index < -0.39 is 12.1 Å². The minimum absolute atomic E-state index is 0.110. The van der Waals surface area contributed by atoms with Crippen molar-refractivity contribution >= 4 is 34.9 Å². The molecule has 0 radical (unpaired) electrons. The van der Waals surface area contributed by atoms with E-state index in [1.165, 1.54) is 0 Å².